The monoisotopic (exact) mass is 459 g/mol. The molecule has 2 N–H and O–H groups in total. The SMILES string of the molecule is Cc1cccc(OCc2nnc(C(=O)Nc3ccc(C(=O)NCc4ccccn4)cc3)s2)c1. The highest BCUT2D eigenvalue weighted by atomic mass is 32.1. The Balaban J connectivity index is 1.29. The summed E-state index contributed by atoms with van der Waals surface area (Å²) in [5.74, 6) is 0.142. The minimum atomic E-state index is -0.373. The minimum absolute atomic E-state index is 0.221. The number of nitrogens with zero attached hydrogens (tertiary/aromatic N) is 3. The van der Waals surface area contributed by atoms with Crippen LogP contribution in [0.25, 0.3) is 0 Å². The molecule has 0 atom stereocenters. The van der Waals surface area contributed by atoms with Gasteiger partial charge in [0.1, 0.15) is 12.4 Å². The highest BCUT2D eigenvalue weighted by Gasteiger charge is 2.14. The summed E-state index contributed by atoms with van der Waals surface area (Å²) < 4.78 is 5.70. The topological polar surface area (TPSA) is 106 Å². The van der Waals surface area contributed by atoms with Crippen molar-refractivity contribution in [2.75, 3.05) is 5.32 Å². The first kappa shape index (κ1) is 22.1. The first-order valence-electron chi connectivity index (χ1n) is 10.2. The predicted molar refractivity (Wildman–Crippen MR) is 125 cm³/mol. The molecule has 2 heterocycles. The smallest absolute Gasteiger partial charge is 0.286 e. The van der Waals surface area contributed by atoms with Crippen molar-refractivity contribution in [1.82, 2.24) is 20.5 Å². The number of benzene rings is 2. The summed E-state index contributed by atoms with van der Waals surface area (Å²) >= 11 is 1.17. The quantitative estimate of drug-likeness (QED) is 0.413. The summed E-state index contributed by atoms with van der Waals surface area (Å²) in [6.45, 7) is 2.56. The molecule has 166 valence electrons. The lowest BCUT2D eigenvalue weighted by atomic mass is 10.2. The van der Waals surface area contributed by atoms with Crippen molar-refractivity contribution >= 4 is 28.8 Å². The van der Waals surface area contributed by atoms with Gasteiger partial charge >= 0.3 is 0 Å². The van der Waals surface area contributed by atoms with E-state index in [-0.39, 0.29) is 23.4 Å². The van der Waals surface area contributed by atoms with Crippen molar-refractivity contribution in [2.45, 2.75) is 20.1 Å². The fraction of sp³-hybridized carbons (Fsp3) is 0.125. The van der Waals surface area contributed by atoms with E-state index in [1.807, 2.05) is 49.4 Å². The fourth-order valence-corrected chi connectivity index (χ4v) is 3.57. The van der Waals surface area contributed by atoms with E-state index in [0.29, 0.717) is 22.8 Å². The predicted octanol–water partition coefficient (Wildman–Crippen LogP) is 4.00. The van der Waals surface area contributed by atoms with E-state index in [1.54, 1.807) is 30.5 Å². The molecule has 0 saturated carbocycles. The Labute approximate surface area is 194 Å². The Morgan fingerprint density at radius 1 is 0.970 bits per heavy atom. The van der Waals surface area contributed by atoms with E-state index in [0.717, 1.165) is 17.0 Å². The lowest BCUT2D eigenvalue weighted by Gasteiger charge is -2.06. The zero-order valence-corrected chi connectivity index (χ0v) is 18.6. The second-order valence-corrected chi connectivity index (χ2v) is 8.20. The largest absolute Gasteiger partial charge is 0.486 e. The zero-order valence-electron chi connectivity index (χ0n) is 17.8. The molecule has 2 aromatic heterocycles. The molecule has 0 aliphatic rings. The minimum Gasteiger partial charge on any atom is -0.486 e. The van der Waals surface area contributed by atoms with E-state index in [2.05, 4.69) is 25.8 Å². The summed E-state index contributed by atoms with van der Waals surface area (Å²) in [5, 5.41) is 14.4. The van der Waals surface area contributed by atoms with Crippen LogP contribution in [0.3, 0.4) is 0 Å². The number of pyridine rings is 1. The second kappa shape index (κ2) is 10.5. The van der Waals surface area contributed by atoms with E-state index >= 15 is 0 Å². The fourth-order valence-electron chi connectivity index (χ4n) is 2.92. The lowest BCUT2D eigenvalue weighted by molar-refractivity contribution is 0.0950. The summed E-state index contributed by atoms with van der Waals surface area (Å²) in [4.78, 5) is 29.0. The molecule has 9 heteroatoms. The molecular formula is C24H21N5O3S. The van der Waals surface area contributed by atoms with Crippen molar-refractivity contribution in [1.29, 1.82) is 0 Å². The number of anilines is 1. The molecule has 0 spiro atoms. The molecule has 0 radical (unpaired) electrons. The first-order valence-corrected chi connectivity index (χ1v) is 11.0. The lowest BCUT2D eigenvalue weighted by Crippen LogP contribution is -2.23. The van der Waals surface area contributed by atoms with Gasteiger partial charge in [-0.25, -0.2) is 0 Å². The number of hydrogen-bond donors (Lipinski definition) is 2. The molecule has 4 rings (SSSR count). The summed E-state index contributed by atoms with van der Waals surface area (Å²) in [6.07, 6.45) is 1.68. The number of nitrogens with one attached hydrogen (secondary N) is 2. The number of amides is 2. The van der Waals surface area contributed by atoms with E-state index in [1.165, 1.54) is 11.3 Å². The Kier molecular flexibility index (Phi) is 7.01. The number of carbonyl (C=O) groups is 2. The van der Waals surface area contributed by atoms with Crippen LogP contribution in [0, 0.1) is 6.92 Å². The standard InChI is InChI=1S/C24H21N5O3S/c1-16-5-4-7-20(13-16)32-15-21-28-29-24(33-21)23(31)27-18-10-8-17(9-11-18)22(30)26-14-19-6-2-3-12-25-19/h2-13H,14-15H2,1H3,(H,26,30)(H,27,31). The van der Waals surface area contributed by atoms with Crippen LogP contribution in [0.2, 0.25) is 0 Å². The zero-order chi connectivity index (χ0) is 23.0. The number of aryl methyl sites for hydroxylation is 1. The van der Waals surface area contributed by atoms with Gasteiger partial charge in [-0.05, 0) is 61.0 Å². The second-order valence-electron chi connectivity index (χ2n) is 7.14. The Hall–Kier alpha value is -4.11. The molecule has 8 nitrogen and oxygen atoms in total. The maximum atomic E-state index is 12.5. The average molecular weight is 460 g/mol. The van der Waals surface area contributed by atoms with Crippen LogP contribution < -0.4 is 15.4 Å². The molecule has 0 fully saturated rings. The Morgan fingerprint density at radius 2 is 1.82 bits per heavy atom. The molecule has 0 bridgehead atoms. The van der Waals surface area contributed by atoms with Gasteiger partial charge in [-0.15, -0.1) is 10.2 Å². The van der Waals surface area contributed by atoms with Gasteiger partial charge in [0.05, 0.1) is 12.2 Å². The van der Waals surface area contributed by atoms with Gasteiger partial charge in [0.2, 0.25) is 5.01 Å². The Bertz CT molecular complexity index is 1240. The molecular weight excluding hydrogens is 438 g/mol. The van der Waals surface area contributed by atoms with Gasteiger partial charge in [0.25, 0.3) is 11.8 Å². The van der Waals surface area contributed by atoms with E-state index in [4.69, 9.17) is 4.74 Å². The first-order chi connectivity index (χ1) is 16.1. The van der Waals surface area contributed by atoms with Crippen molar-refractivity contribution in [3.05, 3.63) is 99.8 Å². The van der Waals surface area contributed by atoms with Crippen LogP contribution in [-0.4, -0.2) is 27.0 Å². The third kappa shape index (κ3) is 6.20. The molecule has 2 aromatic carbocycles. The van der Waals surface area contributed by atoms with Crippen molar-refractivity contribution in [2.24, 2.45) is 0 Å². The van der Waals surface area contributed by atoms with E-state index < -0.39 is 0 Å². The molecule has 0 aliphatic carbocycles. The molecule has 4 aromatic rings. The van der Waals surface area contributed by atoms with Crippen LogP contribution in [0.15, 0.2) is 72.9 Å². The van der Waals surface area contributed by atoms with Gasteiger partial charge in [0, 0.05) is 17.4 Å². The van der Waals surface area contributed by atoms with Gasteiger partial charge in [-0.3, -0.25) is 14.6 Å². The van der Waals surface area contributed by atoms with Crippen LogP contribution in [0.4, 0.5) is 5.69 Å². The van der Waals surface area contributed by atoms with Gasteiger partial charge in [-0.2, -0.15) is 0 Å². The van der Waals surface area contributed by atoms with Crippen molar-refractivity contribution < 1.29 is 14.3 Å². The number of rotatable bonds is 8. The van der Waals surface area contributed by atoms with Gasteiger partial charge in [0.15, 0.2) is 5.01 Å². The maximum absolute atomic E-state index is 12.5. The highest BCUT2D eigenvalue weighted by Crippen LogP contribution is 2.18. The van der Waals surface area contributed by atoms with Crippen molar-refractivity contribution in [3.63, 3.8) is 0 Å². The third-order valence-electron chi connectivity index (χ3n) is 4.57. The third-order valence-corrected chi connectivity index (χ3v) is 5.47. The number of carbonyl (C=O) groups excluding carboxylic acids is 2. The van der Waals surface area contributed by atoms with Crippen LogP contribution >= 0.6 is 11.3 Å². The maximum Gasteiger partial charge on any atom is 0.286 e. The molecule has 0 unspecified atom stereocenters. The average Bonchev–Trinajstić information content (AvgIpc) is 3.32. The van der Waals surface area contributed by atoms with E-state index in [9.17, 15) is 9.59 Å². The normalized spacial score (nSPS) is 10.5. The highest BCUT2D eigenvalue weighted by molar-refractivity contribution is 7.13. The number of ether oxygens (including phenoxy) is 1. The summed E-state index contributed by atoms with van der Waals surface area (Å²) in [7, 11) is 0. The van der Waals surface area contributed by atoms with Crippen LogP contribution in [0.1, 0.15) is 36.4 Å². The number of aromatic nitrogens is 3. The molecule has 0 saturated heterocycles. The number of hydrogen-bond acceptors (Lipinski definition) is 7. The van der Waals surface area contributed by atoms with Gasteiger partial charge < -0.3 is 15.4 Å². The van der Waals surface area contributed by atoms with Crippen LogP contribution in [-0.2, 0) is 13.2 Å². The molecule has 2 amide bonds. The Morgan fingerprint density at radius 3 is 2.58 bits per heavy atom. The molecule has 0 aliphatic heterocycles. The molecule has 33 heavy (non-hydrogen) atoms. The van der Waals surface area contributed by atoms with Crippen molar-refractivity contribution in [3.8, 4) is 5.75 Å². The van der Waals surface area contributed by atoms with Gasteiger partial charge in [-0.1, -0.05) is 29.5 Å². The van der Waals surface area contributed by atoms with Crippen LogP contribution in [0.5, 0.6) is 5.75 Å². The summed E-state index contributed by atoms with van der Waals surface area (Å²) in [6, 6.07) is 19.8. The summed E-state index contributed by atoms with van der Waals surface area (Å²) in [5.41, 5.74) is 2.90.